The Bertz CT molecular complexity index is 377. The highest BCUT2D eigenvalue weighted by Crippen LogP contribution is 2.10. The summed E-state index contributed by atoms with van der Waals surface area (Å²) in [5, 5.41) is 0. The van der Waals surface area contributed by atoms with Gasteiger partial charge < -0.3 is 15.5 Å². The molecule has 0 bridgehead atoms. The molecule has 0 spiro atoms. The zero-order valence-corrected chi connectivity index (χ0v) is 9.26. The highest BCUT2D eigenvalue weighted by molar-refractivity contribution is 5.81. The molecule has 1 aromatic heterocycles. The number of carbonyl (C=O) groups is 1. The van der Waals surface area contributed by atoms with Gasteiger partial charge in [0.05, 0.1) is 6.54 Å². The van der Waals surface area contributed by atoms with Gasteiger partial charge in [-0.15, -0.1) is 0 Å². The third-order valence-corrected chi connectivity index (χ3v) is 2.67. The van der Waals surface area contributed by atoms with Crippen LogP contribution in [-0.2, 0) is 11.3 Å². The van der Waals surface area contributed by atoms with Gasteiger partial charge in [-0.3, -0.25) is 4.79 Å². The van der Waals surface area contributed by atoms with Crippen LogP contribution in [0.1, 0.15) is 5.56 Å². The molecular formula is C10H15N5O. The molecule has 2 heterocycles. The number of anilines is 1. The standard InChI is InChI=1S/C10H15N5O/c1-14-2-3-15(7-9(14)16)10-12-5-8(4-11)6-13-10/h5-6H,2-4,7,11H2,1H3. The molecular weight excluding hydrogens is 206 g/mol. The zero-order chi connectivity index (χ0) is 11.5. The minimum Gasteiger partial charge on any atom is -0.342 e. The predicted octanol–water partition coefficient (Wildman–Crippen LogP) is -0.786. The van der Waals surface area contributed by atoms with Crippen molar-refractivity contribution in [2.45, 2.75) is 6.54 Å². The van der Waals surface area contributed by atoms with Crippen LogP contribution in [0.3, 0.4) is 0 Å². The molecule has 16 heavy (non-hydrogen) atoms. The number of hydrogen-bond acceptors (Lipinski definition) is 5. The van der Waals surface area contributed by atoms with E-state index in [1.54, 1.807) is 24.3 Å². The number of nitrogens with two attached hydrogens (primary N) is 1. The van der Waals surface area contributed by atoms with Crippen LogP contribution in [-0.4, -0.2) is 47.5 Å². The molecule has 0 aromatic carbocycles. The number of amides is 1. The lowest BCUT2D eigenvalue weighted by atomic mass is 10.3. The van der Waals surface area contributed by atoms with Crippen LogP contribution in [0.2, 0.25) is 0 Å². The van der Waals surface area contributed by atoms with Crippen molar-refractivity contribution in [2.75, 3.05) is 31.6 Å². The van der Waals surface area contributed by atoms with Crippen molar-refractivity contribution in [1.29, 1.82) is 0 Å². The van der Waals surface area contributed by atoms with E-state index in [0.29, 0.717) is 25.6 Å². The van der Waals surface area contributed by atoms with E-state index in [0.717, 1.165) is 12.1 Å². The molecule has 0 saturated carbocycles. The third kappa shape index (κ3) is 2.11. The maximum Gasteiger partial charge on any atom is 0.242 e. The summed E-state index contributed by atoms with van der Waals surface area (Å²) in [6, 6.07) is 0. The second-order valence-corrected chi connectivity index (χ2v) is 3.83. The number of aromatic nitrogens is 2. The second-order valence-electron chi connectivity index (χ2n) is 3.83. The summed E-state index contributed by atoms with van der Waals surface area (Å²) in [5.41, 5.74) is 6.36. The van der Waals surface area contributed by atoms with Gasteiger partial charge in [-0.1, -0.05) is 0 Å². The van der Waals surface area contributed by atoms with E-state index in [-0.39, 0.29) is 5.91 Å². The molecule has 1 fully saturated rings. The van der Waals surface area contributed by atoms with Gasteiger partial charge in [0.15, 0.2) is 0 Å². The Kier molecular flexibility index (Phi) is 3.00. The third-order valence-electron chi connectivity index (χ3n) is 2.67. The minimum atomic E-state index is 0.0951. The number of rotatable bonds is 2. The molecule has 1 aliphatic rings. The second kappa shape index (κ2) is 4.44. The fraction of sp³-hybridized carbons (Fsp3) is 0.500. The molecule has 6 nitrogen and oxygen atoms in total. The van der Waals surface area contributed by atoms with Crippen molar-refractivity contribution in [3.8, 4) is 0 Å². The van der Waals surface area contributed by atoms with Gasteiger partial charge >= 0.3 is 0 Å². The Balaban J connectivity index is 2.09. The smallest absolute Gasteiger partial charge is 0.242 e. The Labute approximate surface area is 94.1 Å². The van der Waals surface area contributed by atoms with E-state index in [9.17, 15) is 4.79 Å². The van der Waals surface area contributed by atoms with Crippen LogP contribution in [0, 0.1) is 0 Å². The topological polar surface area (TPSA) is 75.3 Å². The van der Waals surface area contributed by atoms with Crippen molar-refractivity contribution < 1.29 is 4.79 Å². The summed E-state index contributed by atoms with van der Waals surface area (Å²) in [4.78, 5) is 23.5. The number of nitrogens with zero attached hydrogens (tertiary/aromatic N) is 4. The van der Waals surface area contributed by atoms with Gasteiger partial charge in [0, 0.05) is 44.6 Å². The van der Waals surface area contributed by atoms with Crippen molar-refractivity contribution >= 4 is 11.9 Å². The monoisotopic (exact) mass is 221 g/mol. The van der Waals surface area contributed by atoms with Crippen molar-refractivity contribution in [3.05, 3.63) is 18.0 Å². The Hall–Kier alpha value is -1.69. The van der Waals surface area contributed by atoms with E-state index < -0.39 is 0 Å². The first kappa shape index (κ1) is 10.8. The van der Waals surface area contributed by atoms with Crippen LogP contribution < -0.4 is 10.6 Å². The van der Waals surface area contributed by atoms with E-state index in [4.69, 9.17) is 5.73 Å². The SMILES string of the molecule is CN1CCN(c2ncc(CN)cn2)CC1=O. The normalized spacial score (nSPS) is 16.8. The summed E-state index contributed by atoms with van der Waals surface area (Å²) >= 11 is 0. The molecule has 86 valence electrons. The van der Waals surface area contributed by atoms with Crippen molar-refractivity contribution in [1.82, 2.24) is 14.9 Å². The van der Waals surface area contributed by atoms with Crippen LogP contribution in [0.5, 0.6) is 0 Å². The van der Waals surface area contributed by atoms with Crippen LogP contribution >= 0.6 is 0 Å². The molecule has 0 radical (unpaired) electrons. The summed E-state index contributed by atoms with van der Waals surface area (Å²) in [6.07, 6.45) is 3.40. The van der Waals surface area contributed by atoms with Crippen molar-refractivity contribution in [3.63, 3.8) is 0 Å². The van der Waals surface area contributed by atoms with Gasteiger partial charge in [0.2, 0.25) is 11.9 Å². The summed E-state index contributed by atoms with van der Waals surface area (Å²) in [7, 11) is 1.80. The van der Waals surface area contributed by atoms with Crippen molar-refractivity contribution in [2.24, 2.45) is 5.73 Å². The molecule has 0 atom stereocenters. The fourth-order valence-corrected chi connectivity index (χ4v) is 1.55. The highest BCUT2D eigenvalue weighted by atomic mass is 16.2. The molecule has 6 heteroatoms. The summed E-state index contributed by atoms with van der Waals surface area (Å²) in [6.45, 7) is 2.26. The molecule has 1 aliphatic heterocycles. The lowest BCUT2D eigenvalue weighted by Gasteiger charge is -2.31. The van der Waals surface area contributed by atoms with Gasteiger partial charge in [0.25, 0.3) is 0 Å². The van der Waals surface area contributed by atoms with Gasteiger partial charge in [-0.2, -0.15) is 0 Å². The average molecular weight is 221 g/mol. The maximum atomic E-state index is 11.5. The van der Waals surface area contributed by atoms with Gasteiger partial charge in [-0.05, 0) is 0 Å². The number of likely N-dealkylation sites (N-methyl/N-ethyl adjacent to an activating group) is 1. The first-order chi connectivity index (χ1) is 7.70. The zero-order valence-electron chi connectivity index (χ0n) is 9.26. The lowest BCUT2D eigenvalue weighted by Crippen LogP contribution is -2.49. The van der Waals surface area contributed by atoms with Crippen LogP contribution in [0.4, 0.5) is 5.95 Å². The largest absolute Gasteiger partial charge is 0.342 e. The molecule has 0 aliphatic carbocycles. The number of carbonyl (C=O) groups excluding carboxylic acids is 1. The van der Waals surface area contributed by atoms with Gasteiger partial charge in [0.1, 0.15) is 0 Å². The van der Waals surface area contributed by atoms with Crippen LogP contribution in [0.15, 0.2) is 12.4 Å². The lowest BCUT2D eigenvalue weighted by molar-refractivity contribution is -0.129. The molecule has 2 N–H and O–H groups in total. The summed E-state index contributed by atoms with van der Waals surface area (Å²) in [5.74, 6) is 0.691. The Morgan fingerprint density at radius 2 is 2.06 bits per heavy atom. The first-order valence-electron chi connectivity index (χ1n) is 5.20. The molecule has 0 unspecified atom stereocenters. The fourth-order valence-electron chi connectivity index (χ4n) is 1.55. The Morgan fingerprint density at radius 3 is 2.62 bits per heavy atom. The molecule has 2 rings (SSSR count). The first-order valence-corrected chi connectivity index (χ1v) is 5.20. The maximum absolute atomic E-state index is 11.5. The molecule has 1 saturated heterocycles. The summed E-state index contributed by atoms with van der Waals surface area (Å²) < 4.78 is 0. The highest BCUT2D eigenvalue weighted by Gasteiger charge is 2.22. The van der Waals surface area contributed by atoms with E-state index in [1.807, 2.05) is 4.90 Å². The Morgan fingerprint density at radius 1 is 1.38 bits per heavy atom. The number of piperazine rings is 1. The van der Waals surface area contributed by atoms with E-state index >= 15 is 0 Å². The average Bonchev–Trinajstić information content (AvgIpc) is 2.33. The quantitative estimate of drug-likeness (QED) is 0.708. The molecule has 1 aromatic rings. The molecule has 1 amide bonds. The van der Waals surface area contributed by atoms with E-state index in [1.165, 1.54) is 0 Å². The number of hydrogen-bond donors (Lipinski definition) is 1. The van der Waals surface area contributed by atoms with E-state index in [2.05, 4.69) is 9.97 Å². The van der Waals surface area contributed by atoms with Gasteiger partial charge in [-0.25, -0.2) is 9.97 Å². The predicted molar refractivity (Wildman–Crippen MR) is 59.8 cm³/mol. The van der Waals surface area contributed by atoms with Crippen LogP contribution in [0.25, 0.3) is 0 Å². The minimum absolute atomic E-state index is 0.0951.